The summed E-state index contributed by atoms with van der Waals surface area (Å²) in [5.41, 5.74) is 1.33. The summed E-state index contributed by atoms with van der Waals surface area (Å²) >= 11 is 0. The first-order chi connectivity index (χ1) is 11.1. The molecule has 6 heteroatoms. The van der Waals surface area contributed by atoms with Gasteiger partial charge in [0.25, 0.3) is 0 Å². The highest BCUT2D eigenvalue weighted by molar-refractivity contribution is 5.55. The van der Waals surface area contributed by atoms with Crippen LogP contribution in [0.4, 0.5) is 0 Å². The minimum atomic E-state index is -0.781. The molecule has 2 aromatic rings. The lowest BCUT2D eigenvalue weighted by molar-refractivity contribution is 0.0342. The lowest BCUT2D eigenvalue weighted by Gasteiger charge is -2.26. The van der Waals surface area contributed by atoms with Gasteiger partial charge in [0.2, 0.25) is 11.7 Å². The molecule has 1 aliphatic rings. The Morgan fingerprint density at radius 1 is 1.30 bits per heavy atom. The van der Waals surface area contributed by atoms with Gasteiger partial charge in [0.1, 0.15) is 5.41 Å². The fraction of sp³-hybridized carbons (Fsp3) is 0.471. The molecule has 0 radical (unpaired) electrons. The Labute approximate surface area is 135 Å². The number of morpholine rings is 1. The average molecular weight is 312 g/mol. The zero-order valence-corrected chi connectivity index (χ0v) is 13.5. The van der Waals surface area contributed by atoms with Gasteiger partial charge in [-0.2, -0.15) is 10.2 Å². The van der Waals surface area contributed by atoms with E-state index >= 15 is 0 Å². The highest BCUT2D eigenvalue weighted by Gasteiger charge is 2.27. The zero-order valence-electron chi connectivity index (χ0n) is 13.5. The van der Waals surface area contributed by atoms with Crippen molar-refractivity contribution in [3.8, 4) is 17.5 Å². The van der Waals surface area contributed by atoms with Gasteiger partial charge in [-0.1, -0.05) is 23.4 Å². The predicted molar refractivity (Wildman–Crippen MR) is 84.5 cm³/mol. The molecule has 1 fully saturated rings. The van der Waals surface area contributed by atoms with Crippen molar-refractivity contribution in [2.24, 2.45) is 0 Å². The minimum Gasteiger partial charge on any atom is -0.379 e. The van der Waals surface area contributed by atoms with Crippen LogP contribution in [0.25, 0.3) is 11.4 Å². The lowest BCUT2D eigenvalue weighted by Crippen LogP contribution is -2.35. The Bertz CT molecular complexity index is 711. The van der Waals surface area contributed by atoms with E-state index in [0.29, 0.717) is 11.7 Å². The van der Waals surface area contributed by atoms with Crippen molar-refractivity contribution in [1.29, 1.82) is 5.26 Å². The fourth-order valence-corrected chi connectivity index (χ4v) is 2.47. The van der Waals surface area contributed by atoms with Crippen LogP contribution in [-0.4, -0.2) is 41.3 Å². The van der Waals surface area contributed by atoms with E-state index in [1.165, 1.54) is 5.56 Å². The van der Waals surface area contributed by atoms with Crippen molar-refractivity contribution in [3.05, 3.63) is 35.7 Å². The zero-order chi connectivity index (χ0) is 16.3. The van der Waals surface area contributed by atoms with Crippen LogP contribution in [0.3, 0.4) is 0 Å². The summed E-state index contributed by atoms with van der Waals surface area (Å²) < 4.78 is 10.6. The second-order valence-electron chi connectivity index (χ2n) is 6.25. The maximum Gasteiger partial charge on any atom is 0.246 e. The van der Waals surface area contributed by atoms with E-state index in [1.54, 1.807) is 13.8 Å². The molecule has 23 heavy (non-hydrogen) atoms. The quantitative estimate of drug-likeness (QED) is 0.863. The van der Waals surface area contributed by atoms with Gasteiger partial charge in [-0.25, -0.2) is 0 Å². The maximum atomic E-state index is 9.16. The van der Waals surface area contributed by atoms with Crippen molar-refractivity contribution in [2.45, 2.75) is 25.8 Å². The molecule has 2 heterocycles. The van der Waals surface area contributed by atoms with Crippen LogP contribution in [0.2, 0.25) is 0 Å². The summed E-state index contributed by atoms with van der Waals surface area (Å²) in [7, 11) is 0. The first kappa shape index (κ1) is 15.7. The standard InChI is InChI=1S/C17H20N4O2/c1-17(2,12-18)16-19-15(20-23-16)14-5-3-4-13(10-14)11-21-6-8-22-9-7-21/h3-5,10H,6-9,11H2,1-2H3. The summed E-state index contributed by atoms with van der Waals surface area (Å²) in [5.74, 6) is 0.862. The second kappa shape index (κ2) is 6.49. The molecule has 0 N–H and O–H groups in total. The van der Waals surface area contributed by atoms with Crippen LogP contribution >= 0.6 is 0 Å². The van der Waals surface area contributed by atoms with Crippen LogP contribution in [0, 0.1) is 11.3 Å². The molecule has 0 amide bonds. The van der Waals surface area contributed by atoms with Crippen molar-refractivity contribution in [2.75, 3.05) is 26.3 Å². The molecular weight excluding hydrogens is 292 g/mol. The number of ether oxygens (including phenoxy) is 1. The molecule has 0 aliphatic carbocycles. The van der Waals surface area contributed by atoms with E-state index in [0.717, 1.165) is 38.4 Å². The van der Waals surface area contributed by atoms with E-state index in [2.05, 4.69) is 33.2 Å². The van der Waals surface area contributed by atoms with E-state index in [-0.39, 0.29) is 0 Å². The molecule has 3 rings (SSSR count). The van der Waals surface area contributed by atoms with Gasteiger partial charge >= 0.3 is 0 Å². The average Bonchev–Trinajstić information content (AvgIpc) is 3.07. The van der Waals surface area contributed by atoms with E-state index in [9.17, 15) is 0 Å². The summed E-state index contributed by atoms with van der Waals surface area (Å²) in [5, 5.41) is 13.2. The van der Waals surface area contributed by atoms with Crippen LogP contribution in [-0.2, 0) is 16.7 Å². The Morgan fingerprint density at radius 2 is 2.09 bits per heavy atom. The first-order valence-electron chi connectivity index (χ1n) is 7.73. The summed E-state index contributed by atoms with van der Waals surface area (Å²) in [6.07, 6.45) is 0. The third-order valence-electron chi connectivity index (χ3n) is 3.94. The number of hydrogen-bond donors (Lipinski definition) is 0. The van der Waals surface area contributed by atoms with Gasteiger partial charge in [-0.15, -0.1) is 0 Å². The molecule has 1 aliphatic heterocycles. The molecule has 0 bridgehead atoms. The van der Waals surface area contributed by atoms with Gasteiger partial charge in [-0.05, 0) is 25.5 Å². The number of rotatable bonds is 4. The highest BCUT2D eigenvalue weighted by Crippen LogP contribution is 2.24. The van der Waals surface area contributed by atoms with E-state index in [1.807, 2.05) is 12.1 Å². The van der Waals surface area contributed by atoms with Crippen LogP contribution < -0.4 is 0 Å². The van der Waals surface area contributed by atoms with Crippen LogP contribution in [0.15, 0.2) is 28.8 Å². The van der Waals surface area contributed by atoms with E-state index in [4.69, 9.17) is 14.5 Å². The Hall–Kier alpha value is -2.23. The number of benzene rings is 1. The highest BCUT2D eigenvalue weighted by atomic mass is 16.5. The molecule has 6 nitrogen and oxygen atoms in total. The Morgan fingerprint density at radius 3 is 2.83 bits per heavy atom. The molecule has 1 aromatic heterocycles. The van der Waals surface area contributed by atoms with Gasteiger partial charge in [0, 0.05) is 25.2 Å². The monoisotopic (exact) mass is 312 g/mol. The molecule has 1 aromatic carbocycles. The largest absolute Gasteiger partial charge is 0.379 e. The van der Waals surface area contributed by atoms with Gasteiger partial charge in [0.15, 0.2) is 0 Å². The van der Waals surface area contributed by atoms with Gasteiger partial charge < -0.3 is 9.26 Å². The van der Waals surface area contributed by atoms with Crippen molar-refractivity contribution in [3.63, 3.8) is 0 Å². The summed E-state index contributed by atoms with van der Waals surface area (Å²) in [6, 6.07) is 10.3. The molecule has 1 saturated heterocycles. The number of nitriles is 1. The molecule has 0 spiro atoms. The third kappa shape index (κ3) is 3.58. The SMILES string of the molecule is CC(C)(C#N)c1nc(-c2cccc(CN3CCOCC3)c2)no1. The molecule has 0 unspecified atom stereocenters. The third-order valence-corrected chi connectivity index (χ3v) is 3.94. The van der Waals surface area contributed by atoms with Crippen LogP contribution in [0.1, 0.15) is 25.3 Å². The van der Waals surface area contributed by atoms with Crippen molar-refractivity contribution in [1.82, 2.24) is 15.0 Å². The molecular formula is C17H20N4O2. The fourth-order valence-electron chi connectivity index (χ4n) is 2.47. The lowest BCUT2D eigenvalue weighted by atomic mass is 9.96. The van der Waals surface area contributed by atoms with E-state index < -0.39 is 5.41 Å². The smallest absolute Gasteiger partial charge is 0.246 e. The molecule has 0 atom stereocenters. The predicted octanol–water partition coefficient (Wildman–Crippen LogP) is 2.37. The summed E-state index contributed by atoms with van der Waals surface area (Å²) in [4.78, 5) is 6.74. The molecule has 120 valence electrons. The maximum absolute atomic E-state index is 9.16. The topological polar surface area (TPSA) is 75.2 Å². The number of hydrogen-bond acceptors (Lipinski definition) is 6. The molecule has 0 saturated carbocycles. The minimum absolute atomic E-state index is 0.341. The normalized spacial score (nSPS) is 16.2. The second-order valence-corrected chi connectivity index (χ2v) is 6.25. The number of nitrogens with zero attached hydrogens (tertiary/aromatic N) is 4. The first-order valence-corrected chi connectivity index (χ1v) is 7.73. The van der Waals surface area contributed by atoms with Gasteiger partial charge in [-0.3, -0.25) is 4.90 Å². The van der Waals surface area contributed by atoms with Crippen LogP contribution in [0.5, 0.6) is 0 Å². The van der Waals surface area contributed by atoms with Crippen molar-refractivity contribution < 1.29 is 9.26 Å². The van der Waals surface area contributed by atoms with Crippen molar-refractivity contribution >= 4 is 0 Å². The number of aromatic nitrogens is 2. The summed E-state index contributed by atoms with van der Waals surface area (Å²) in [6.45, 7) is 7.89. The van der Waals surface area contributed by atoms with Gasteiger partial charge in [0.05, 0.1) is 19.3 Å². The Balaban J connectivity index is 1.78. The Kier molecular flexibility index (Phi) is 4.42.